The molecule has 2 heteroatoms. The van der Waals surface area contributed by atoms with Gasteiger partial charge in [0, 0.05) is 36.0 Å². The molecule has 3 heterocycles. The summed E-state index contributed by atoms with van der Waals surface area (Å²) in [7, 11) is 0. The third-order valence-corrected chi connectivity index (χ3v) is 8.82. The van der Waals surface area contributed by atoms with E-state index in [0.29, 0.717) is 12.0 Å². The summed E-state index contributed by atoms with van der Waals surface area (Å²) in [6, 6.07) is 0.578. The number of hydrogen-bond donors (Lipinski definition) is 0. The molecular formula is C27H36N2. The van der Waals surface area contributed by atoms with Crippen molar-refractivity contribution in [3.63, 3.8) is 0 Å². The number of rotatable bonds is 2. The summed E-state index contributed by atoms with van der Waals surface area (Å²) in [6.07, 6.45) is 28.7. The van der Waals surface area contributed by atoms with Crippen LogP contribution in [0.4, 0.5) is 0 Å². The Bertz CT molecular complexity index is 802. The molecule has 4 atom stereocenters. The van der Waals surface area contributed by atoms with Crippen LogP contribution >= 0.6 is 0 Å². The van der Waals surface area contributed by atoms with Gasteiger partial charge in [-0.05, 0) is 67.6 Å². The Morgan fingerprint density at radius 1 is 0.966 bits per heavy atom. The second-order valence-electron chi connectivity index (χ2n) is 10.4. The quantitative estimate of drug-likeness (QED) is 0.488. The van der Waals surface area contributed by atoms with Gasteiger partial charge < -0.3 is 4.90 Å². The fourth-order valence-electron chi connectivity index (χ4n) is 7.46. The minimum absolute atomic E-state index is 0.578. The van der Waals surface area contributed by atoms with Gasteiger partial charge in [-0.3, -0.25) is 4.99 Å². The molecule has 0 aromatic rings. The van der Waals surface area contributed by atoms with E-state index in [0.717, 1.165) is 24.3 Å². The van der Waals surface area contributed by atoms with E-state index in [1.807, 2.05) is 5.57 Å². The summed E-state index contributed by atoms with van der Waals surface area (Å²) in [6.45, 7) is 1.01. The molecule has 0 bridgehead atoms. The van der Waals surface area contributed by atoms with Crippen LogP contribution in [0.25, 0.3) is 0 Å². The highest BCUT2D eigenvalue weighted by Crippen LogP contribution is 2.55. The normalized spacial score (nSPS) is 36.6. The van der Waals surface area contributed by atoms with Gasteiger partial charge in [0.25, 0.3) is 0 Å². The number of dihydropyridines is 1. The highest BCUT2D eigenvalue weighted by Gasteiger charge is 2.49. The fraction of sp³-hybridized carbons (Fsp3) is 0.667. The largest absolute Gasteiger partial charge is 0.341 e. The monoisotopic (exact) mass is 388 g/mol. The van der Waals surface area contributed by atoms with E-state index in [1.54, 1.807) is 17.0 Å². The van der Waals surface area contributed by atoms with E-state index in [4.69, 9.17) is 4.99 Å². The van der Waals surface area contributed by atoms with Crippen molar-refractivity contribution in [1.82, 2.24) is 4.90 Å². The van der Waals surface area contributed by atoms with Gasteiger partial charge in [-0.15, -0.1) is 0 Å². The van der Waals surface area contributed by atoms with Crippen LogP contribution in [-0.2, 0) is 0 Å². The predicted octanol–water partition coefficient (Wildman–Crippen LogP) is 6.58. The zero-order chi connectivity index (χ0) is 19.2. The lowest BCUT2D eigenvalue weighted by atomic mass is 9.72. The minimum atomic E-state index is 0.578. The van der Waals surface area contributed by atoms with Crippen LogP contribution in [0.3, 0.4) is 0 Å². The van der Waals surface area contributed by atoms with Gasteiger partial charge in [-0.1, -0.05) is 56.8 Å². The summed E-state index contributed by atoms with van der Waals surface area (Å²) in [5.41, 5.74) is 6.78. The maximum atomic E-state index is 4.70. The fourth-order valence-corrected chi connectivity index (χ4v) is 7.46. The predicted molar refractivity (Wildman–Crippen MR) is 121 cm³/mol. The molecule has 0 aromatic heterocycles. The number of nitrogens with zero attached hydrogens (tertiary/aromatic N) is 2. The SMILES string of the molecule is C1=CC2=CCC3=C4[C@H](CCC3CC3CCCCCC3)[C@H]3CN=CC=C3N4C2CC1. The molecule has 0 spiro atoms. The van der Waals surface area contributed by atoms with Gasteiger partial charge >= 0.3 is 0 Å². The van der Waals surface area contributed by atoms with Crippen LogP contribution in [-0.4, -0.2) is 23.7 Å². The smallest absolute Gasteiger partial charge is 0.0585 e. The van der Waals surface area contributed by atoms with E-state index >= 15 is 0 Å². The molecular weight excluding hydrogens is 352 g/mol. The molecule has 2 fully saturated rings. The molecule has 1 saturated carbocycles. The van der Waals surface area contributed by atoms with Crippen molar-refractivity contribution in [1.29, 1.82) is 0 Å². The van der Waals surface area contributed by atoms with E-state index in [1.165, 1.54) is 77.0 Å². The molecule has 0 amide bonds. The Hall–Kier alpha value is -1.57. The Morgan fingerprint density at radius 3 is 2.76 bits per heavy atom. The van der Waals surface area contributed by atoms with Crippen molar-refractivity contribution in [2.24, 2.45) is 28.7 Å². The van der Waals surface area contributed by atoms with Crippen LogP contribution in [0.1, 0.15) is 77.0 Å². The van der Waals surface area contributed by atoms with Gasteiger partial charge in [-0.2, -0.15) is 0 Å². The van der Waals surface area contributed by atoms with Crippen LogP contribution in [0.15, 0.2) is 51.8 Å². The lowest BCUT2D eigenvalue weighted by molar-refractivity contribution is 0.284. The molecule has 6 rings (SSSR count). The second kappa shape index (κ2) is 7.60. The molecule has 0 radical (unpaired) electrons. The van der Waals surface area contributed by atoms with E-state index < -0.39 is 0 Å². The molecule has 0 aromatic carbocycles. The van der Waals surface area contributed by atoms with Crippen molar-refractivity contribution in [2.75, 3.05) is 6.54 Å². The Balaban J connectivity index is 1.39. The van der Waals surface area contributed by atoms with Gasteiger partial charge in [0.2, 0.25) is 0 Å². The average molecular weight is 389 g/mol. The Kier molecular flexibility index (Phi) is 4.77. The summed E-state index contributed by atoms with van der Waals surface area (Å²) in [5, 5.41) is 0. The minimum Gasteiger partial charge on any atom is -0.341 e. The van der Waals surface area contributed by atoms with Crippen LogP contribution in [0, 0.1) is 23.7 Å². The first-order valence-electron chi connectivity index (χ1n) is 12.5. The average Bonchev–Trinajstić information content (AvgIpc) is 2.91. The van der Waals surface area contributed by atoms with Crippen LogP contribution in [0.5, 0.6) is 0 Å². The summed E-state index contributed by atoms with van der Waals surface area (Å²) in [4.78, 5) is 7.54. The second-order valence-corrected chi connectivity index (χ2v) is 10.4. The van der Waals surface area contributed by atoms with Crippen molar-refractivity contribution < 1.29 is 0 Å². The van der Waals surface area contributed by atoms with Gasteiger partial charge in [0.15, 0.2) is 0 Å². The van der Waals surface area contributed by atoms with Crippen molar-refractivity contribution >= 4 is 6.21 Å². The van der Waals surface area contributed by atoms with Crippen LogP contribution in [0.2, 0.25) is 0 Å². The number of hydrogen-bond acceptors (Lipinski definition) is 2. The highest BCUT2D eigenvalue weighted by atomic mass is 15.2. The molecule has 6 aliphatic rings. The molecule has 154 valence electrons. The van der Waals surface area contributed by atoms with Crippen molar-refractivity contribution in [2.45, 2.75) is 83.1 Å². The topological polar surface area (TPSA) is 15.6 Å². The van der Waals surface area contributed by atoms with Gasteiger partial charge in [0.1, 0.15) is 0 Å². The zero-order valence-electron chi connectivity index (χ0n) is 17.9. The Morgan fingerprint density at radius 2 is 1.86 bits per heavy atom. The number of aliphatic imine (C=N–C) groups is 1. The Labute approximate surface area is 176 Å². The summed E-state index contributed by atoms with van der Waals surface area (Å²) < 4.78 is 0. The van der Waals surface area contributed by atoms with Crippen molar-refractivity contribution in [3.05, 3.63) is 46.8 Å². The molecule has 2 nitrogen and oxygen atoms in total. The number of fused-ring (bicyclic) bond motifs is 5. The maximum Gasteiger partial charge on any atom is 0.0585 e. The number of allylic oxidation sites excluding steroid dienone is 5. The molecule has 2 unspecified atom stereocenters. The molecule has 3 aliphatic heterocycles. The lowest BCUT2D eigenvalue weighted by Crippen LogP contribution is -2.35. The van der Waals surface area contributed by atoms with E-state index in [2.05, 4.69) is 35.4 Å². The highest BCUT2D eigenvalue weighted by molar-refractivity contribution is 5.74. The molecule has 0 N–H and O–H groups in total. The van der Waals surface area contributed by atoms with Gasteiger partial charge in [-0.25, -0.2) is 0 Å². The van der Waals surface area contributed by atoms with Crippen LogP contribution < -0.4 is 0 Å². The third kappa shape index (κ3) is 3.09. The maximum absolute atomic E-state index is 4.70. The molecule has 1 saturated heterocycles. The first-order valence-corrected chi connectivity index (χ1v) is 12.5. The third-order valence-electron chi connectivity index (χ3n) is 8.82. The lowest BCUT2D eigenvalue weighted by Gasteiger charge is -2.38. The van der Waals surface area contributed by atoms with E-state index in [9.17, 15) is 0 Å². The zero-order valence-corrected chi connectivity index (χ0v) is 17.9. The molecule has 29 heavy (non-hydrogen) atoms. The first kappa shape index (κ1) is 18.2. The van der Waals surface area contributed by atoms with Crippen molar-refractivity contribution in [3.8, 4) is 0 Å². The summed E-state index contributed by atoms with van der Waals surface area (Å²) >= 11 is 0. The summed E-state index contributed by atoms with van der Waals surface area (Å²) in [5.74, 6) is 3.19. The molecule has 3 aliphatic carbocycles. The van der Waals surface area contributed by atoms with Gasteiger partial charge in [0.05, 0.1) is 6.04 Å². The standard InChI is InChI=1S/C27H36N2/c1-2-4-8-19(7-3-1)17-21-12-14-23-24-18-28-16-15-26(24)29-25-10-6-5-9-20(25)11-13-22(21)27(23)29/h5,9,11,15-16,19,21,23-25H,1-4,6-8,10,12-14,17-18H2/t21?,23-,24-,25?/m1/s1. The van der Waals surface area contributed by atoms with E-state index in [-0.39, 0.29) is 0 Å². The first-order chi connectivity index (χ1) is 14.4.